The Morgan fingerprint density at radius 3 is 2.70 bits per heavy atom. The van der Waals surface area contributed by atoms with E-state index in [9.17, 15) is 18.0 Å². The standard InChI is InChI=1S/C21H15F3N4O2/c1-11-5-18-15(20(30-27-18)13-4-2-3-12(6-13)9-25)10-28(11)21(29)26-14-7-16(22)19(24)17(23)8-14/h2-4,6-8,11H,5,10H2,1H3,(H,26,29)/t11-/m0/s1. The Bertz CT molecular complexity index is 1160. The van der Waals surface area contributed by atoms with E-state index in [4.69, 9.17) is 9.78 Å². The highest BCUT2D eigenvalue weighted by Crippen LogP contribution is 2.33. The SMILES string of the molecule is C[C@H]1Cc2noc(-c3cccc(C#N)c3)c2CN1C(=O)Nc1cc(F)c(F)c(F)c1. The van der Waals surface area contributed by atoms with E-state index in [1.165, 1.54) is 4.90 Å². The number of hydrogen-bond acceptors (Lipinski definition) is 4. The monoisotopic (exact) mass is 412 g/mol. The Morgan fingerprint density at radius 2 is 2.00 bits per heavy atom. The zero-order chi connectivity index (χ0) is 21.4. The summed E-state index contributed by atoms with van der Waals surface area (Å²) < 4.78 is 45.5. The molecule has 6 nitrogen and oxygen atoms in total. The number of benzene rings is 2. The number of carbonyl (C=O) groups is 1. The normalized spacial score (nSPS) is 15.4. The first-order valence-corrected chi connectivity index (χ1v) is 9.07. The van der Waals surface area contributed by atoms with E-state index in [2.05, 4.69) is 16.5 Å². The first-order chi connectivity index (χ1) is 14.4. The lowest BCUT2D eigenvalue weighted by molar-refractivity contribution is 0.182. The van der Waals surface area contributed by atoms with Gasteiger partial charge in [-0.05, 0) is 19.1 Å². The maximum atomic E-state index is 13.4. The second-order valence-electron chi connectivity index (χ2n) is 6.99. The van der Waals surface area contributed by atoms with Crippen molar-refractivity contribution in [2.24, 2.45) is 0 Å². The highest BCUT2D eigenvalue weighted by molar-refractivity contribution is 5.90. The van der Waals surface area contributed by atoms with Crippen molar-refractivity contribution >= 4 is 11.7 Å². The number of hydrogen-bond donors (Lipinski definition) is 1. The van der Waals surface area contributed by atoms with Crippen molar-refractivity contribution in [1.82, 2.24) is 10.1 Å². The summed E-state index contributed by atoms with van der Waals surface area (Å²) in [6, 6.07) is 9.44. The fourth-order valence-corrected chi connectivity index (χ4v) is 3.43. The number of nitrogens with one attached hydrogen (secondary N) is 1. The van der Waals surface area contributed by atoms with E-state index >= 15 is 0 Å². The number of anilines is 1. The molecule has 0 saturated heterocycles. The Kier molecular flexibility index (Phi) is 4.91. The summed E-state index contributed by atoms with van der Waals surface area (Å²) >= 11 is 0. The first kappa shape index (κ1) is 19.5. The van der Waals surface area contributed by atoms with Gasteiger partial charge in [-0.1, -0.05) is 17.3 Å². The van der Waals surface area contributed by atoms with Crippen LogP contribution in [0.1, 0.15) is 23.7 Å². The lowest BCUT2D eigenvalue weighted by atomic mass is 9.97. The lowest BCUT2D eigenvalue weighted by Crippen LogP contribution is -2.44. The highest BCUT2D eigenvalue weighted by Gasteiger charge is 2.32. The van der Waals surface area contributed by atoms with E-state index in [1.807, 2.05) is 0 Å². The fourth-order valence-electron chi connectivity index (χ4n) is 3.43. The molecule has 2 amide bonds. The average Bonchev–Trinajstić information content (AvgIpc) is 3.14. The Balaban J connectivity index is 1.61. The molecular weight excluding hydrogens is 397 g/mol. The molecule has 152 valence electrons. The summed E-state index contributed by atoms with van der Waals surface area (Å²) in [5.41, 5.74) is 2.30. The molecule has 0 fully saturated rings. The van der Waals surface area contributed by atoms with Crippen LogP contribution in [0, 0.1) is 28.8 Å². The van der Waals surface area contributed by atoms with Gasteiger partial charge in [0.25, 0.3) is 0 Å². The van der Waals surface area contributed by atoms with Crippen molar-refractivity contribution in [3.05, 3.63) is 70.7 Å². The molecule has 0 radical (unpaired) electrons. The Hall–Kier alpha value is -3.80. The quantitative estimate of drug-likeness (QED) is 0.623. The summed E-state index contributed by atoms with van der Waals surface area (Å²) in [6.45, 7) is 1.95. The van der Waals surface area contributed by atoms with Gasteiger partial charge in [0.1, 0.15) is 0 Å². The van der Waals surface area contributed by atoms with Crippen molar-refractivity contribution in [2.75, 3.05) is 5.32 Å². The molecule has 0 spiro atoms. The first-order valence-electron chi connectivity index (χ1n) is 9.07. The molecule has 1 atom stereocenters. The van der Waals surface area contributed by atoms with E-state index in [1.54, 1.807) is 31.2 Å². The van der Waals surface area contributed by atoms with E-state index < -0.39 is 23.5 Å². The van der Waals surface area contributed by atoms with Crippen LogP contribution >= 0.6 is 0 Å². The molecule has 0 unspecified atom stereocenters. The molecule has 0 saturated carbocycles. The van der Waals surface area contributed by atoms with Gasteiger partial charge in [-0.3, -0.25) is 0 Å². The molecule has 1 aromatic heterocycles. The van der Waals surface area contributed by atoms with Gasteiger partial charge in [0.05, 0.1) is 23.9 Å². The number of fused-ring (bicyclic) bond motifs is 1. The summed E-state index contributed by atoms with van der Waals surface area (Å²) in [7, 11) is 0. The van der Waals surface area contributed by atoms with Crippen LogP contribution in [0.5, 0.6) is 0 Å². The zero-order valence-corrected chi connectivity index (χ0v) is 15.7. The number of nitrogens with zero attached hydrogens (tertiary/aromatic N) is 3. The maximum absolute atomic E-state index is 13.4. The predicted octanol–water partition coefficient (Wildman–Crippen LogP) is 4.61. The van der Waals surface area contributed by atoms with Crippen LogP contribution in [0.2, 0.25) is 0 Å². The third-order valence-corrected chi connectivity index (χ3v) is 4.97. The molecule has 4 rings (SSSR count). The van der Waals surface area contributed by atoms with E-state index in [0.29, 0.717) is 46.7 Å². The minimum Gasteiger partial charge on any atom is -0.356 e. The van der Waals surface area contributed by atoms with Crippen LogP contribution in [-0.2, 0) is 13.0 Å². The second-order valence-corrected chi connectivity index (χ2v) is 6.99. The summed E-state index contributed by atoms with van der Waals surface area (Å²) in [6.07, 6.45) is 0.413. The van der Waals surface area contributed by atoms with Crippen molar-refractivity contribution in [3.63, 3.8) is 0 Å². The van der Waals surface area contributed by atoms with E-state index in [-0.39, 0.29) is 18.3 Å². The number of urea groups is 1. The van der Waals surface area contributed by atoms with Crippen molar-refractivity contribution < 1.29 is 22.5 Å². The molecule has 1 N–H and O–H groups in total. The summed E-state index contributed by atoms with van der Waals surface area (Å²) in [5.74, 6) is -3.93. The Labute approximate surface area is 169 Å². The van der Waals surface area contributed by atoms with Crippen molar-refractivity contribution in [3.8, 4) is 17.4 Å². The molecule has 9 heteroatoms. The fraction of sp³-hybridized carbons (Fsp3) is 0.190. The largest absolute Gasteiger partial charge is 0.356 e. The average molecular weight is 412 g/mol. The third kappa shape index (κ3) is 3.48. The highest BCUT2D eigenvalue weighted by atomic mass is 19.2. The maximum Gasteiger partial charge on any atom is 0.322 e. The molecule has 0 aliphatic carbocycles. The Morgan fingerprint density at radius 1 is 1.27 bits per heavy atom. The molecule has 1 aliphatic rings. The van der Waals surface area contributed by atoms with Gasteiger partial charge in [0.2, 0.25) is 0 Å². The van der Waals surface area contributed by atoms with Crippen LogP contribution < -0.4 is 5.32 Å². The molecule has 1 aliphatic heterocycles. The number of carbonyl (C=O) groups excluding carboxylic acids is 1. The van der Waals surface area contributed by atoms with Gasteiger partial charge in [0.15, 0.2) is 23.2 Å². The minimum atomic E-state index is -1.60. The van der Waals surface area contributed by atoms with Gasteiger partial charge in [0, 0.05) is 41.4 Å². The number of nitriles is 1. The molecular formula is C21H15F3N4O2. The van der Waals surface area contributed by atoms with Crippen LogP contribution in [0.3, 0.4) is 0 Å². The van der Waals surface area contributed by atoms with Gasteiger partial charge in [-0.25, -0.2) is 18.0 Å². The van der Waals surface area contributed by atoms with Crippen LogP contribution in [0.25, 0.3) is 11.3 Å². The third-order valence-electron chi connectivity index (χ3n) is 4.97. The van der Waals surface area contributed by atoms with Gasteiger partial charge in [-0.2, -0.15) is 5.26 Å². The number of amides is 2. The number of rotatable bonds is 2. The molecule has 3 aromatic rings. The van der Waals surface area contributed by atoms with Crippen molar-refractivity contribution in [2.45, 2.75) is 25.9 Å². The summed E-state index contributed by atoms with van der Waals surface area (Å²) in [5, 5.41) is 15.6. The summed E-state index contributed by atoms with van der Waals surface area (Å²) in [4.78, 5) is 14.2. The zero-order valence-electron chi connectivity index (χ0n) is 15.7. The van der Waals surface area contributed by atoms with Gasteiger partial charge < -0.3 is 14.7 Å². The van der Waals surface area contributed by atoms with E-state index in [0.717, 1.165) is 0 Å². The molecule has 2 aromatic carbocycles. The van der Waals surface area contributed by atoms with Crippen LogP contribution in [0.15, 0.2) is 40.9 Å². The molecule has 2 heterocycles. The molecule has 30 heavy (non-hydrogen) atoms. The van der Waals surface area contributed by atoms with Gasteiger partial charge in [-0.15, -0.1) is 0 Å². The van der Waals surface area contributed by atoms with Gasteiger partial charge >= 0.3 is 6.03 Å². The smallest absolute Gasteiger partial charge is 0.322 e. The lowest BCUT2D eigenvalue weighted by Gasteiger charge is -2.32. The van der Waals surface area contributed by atoms with Crippen LogP contribution in [-0.4, -0.2) is 22.1 Å². The number of halogens is 3. The molecule has 0 bridgehead atoms. The van der Waals surface area contributed by atoms with Crippen molar-refractivity contribution in [1.29, 1.82) is 5.26 Å². The second kappa shape index (κ2) is 7.55. The topological polar surface area (TPSA) is 82.2 Å². The van der Waals surface area contributed by atoms with Crippen LogP contribution in [0.4, 0.5) is 23.7 Å². The number of aromatic nitrogens is 1. The minimum absolute atomic E-state index is 0.143. The predicted molar refractivity (Wildman–Crippen MR) is 101 cm³/mol.